The molecule has 29 heavy (non-hydrogen) atoms. The van der Waals surface area contributed by atoms with Crippen LogP contribution in [-0.2, 0) is 0 Å². The normalized spacial score (nSPS) is 11.5. The zero-order valence-corrected chi connectivity index (χ0v) is 17.6. The maximum Gasteiger partial charge on any atom is 0.343 e. The minimum atomic E-state index is -0.399. The van der Waals surface area contributed by atoms with Gasteiger partial charge in [-0.25, -0.2) is 4.79 Å². The Hall–Kier alpha value is -2.75. The fourth-order valence-corrected chi connectivity index (χ4v) is 2.85. The summed E-state index contributed by atoms with van der Waals surface area (Å²) in [6, 6.07) is 14.1. The Bertz CT molecular complexity index is 734. The summed E-state index contributed by atoms with van der Waals surface area (Å²) in [6.45, 7) is 8.53. The minimum absolute atomic E-state index is 0.164. The average Bonchev–Trinajstić information content (AvgIpc) is 2.73. The maximum atomic E-state index is 12.3. The molecule has 1 unspecified atom stereocenters. The number of hydrogen-bond acceptors (Lipinski definition) is 4. The van der Waals surface area contributed by atoms with Gasteiger partial charge in [0.25, 0.3) is 0 Å². The predicted octanol–water partition coefficient (Wildman–Crippen LogP) is 6.60. The lowest BCUT2D eigenvalue weighted by Gasteiger charge is -2.14. The van der Waals surface area contributed by atoms with E-state index >= 15 is 0 Å². The Morgan fingerprint density at radius 2 is 1.62 bits per heavy atom. The van der Waals surface area contributed by atoms with E-state index < -0.39 is 5.97 Å². The second kappa shape index (κ2) is 12.7. The van der Waals surface area contributed by atoms with E-state index in [1.807, 2.05) is 12.1 Å². The van der Waals surface area contributed by atoms with Crippen molar-refractivity contribution in [2.75, 3.05) is 6.61 Å². The van der Waals surface area contributed by atoms with E-state index in [9.17, 15) is 4.79 Å². The molecule has 0 aliphatic rings. The third kappa shape index (κ3) is 8.43. The van der Waals surface area contributed by atoms with Gasteiger partial charge in [-0.15, -0.1) is 6.58 Å². The number of benzene rings is 2. The zero-order valence-electron chi connectivity index (χ0n) is 17.6. The highest BCUT2D eigenvalue weighted by molar-refractivity contribution is 5.91. The number of unbranched alkanes of at least 4 members (excludes halogenated alkanes) is 3. The molecule has 0 saturated heterocycles. The highest BCUT2D eigenvalue weighted by Gasteiger charge is 2.10. The van der Waals surface area contributed by atoms with Gasteiger partial charge in [0.2, 0.25) is 0 Å². The van der Waals surface area contributed by atoms with Crippen LogP contribution in [0.2, 0.25) is 0 Å². The van der Waals surface area contributed by atoms with Crippen LogP contribution in [0.4, 0.5) is 0 Å². The van der Waals surface area contributed by atoms with E-state index in [2.05, 4.69) is 20.4 Å². The third-order valence-electron chi connectivity index (χ3n) is 4.52. The van der Waals surface area contributed by atoms with Crippen molar-refractivity contribution in [2.24, 2.45) is 0 Å². The Balaban J connectivity index is 1.81. The molecule has 0 spiro atoms. The van der Waals surface area contributed by atoms with Gasteiger partial charge in [-0.1, -0.05) is 32.3 Å². The third-order valence-corrected chi connectivity index (χ3v) is 4.52. The van der Waals surface area contributed by atoms with Crippen LogP contribution in [0.5, 0.6) is 17.2 Å². The van der Waals surface area contributed by atoms with Crippen molar-refractivity contribution in [1.29, 1.82) is 0 Å². The van der Waals surface area contributed by atoms with E-state index in [1.54, 1.807) is 42.5 Å². The van der Waals surface area contributed by atoms with Crippen LogP contribution in [0, 0.1) is 0 Å². The molecular formula is C25H32O4. The van der Waals surface area contributed by atoms with Crippen molar-refractivity contribution in [3.05, 3.63) is 66.7 Å². The van der Waals surface area contributed by atoms with Crippen LogP contribution in [0.3, 0.4) is 0 Å². The molecule has 0 saturated carbocycles. The van der Waals surface area contributed by atoms with E-state index in [1.165, 1.54) is 25.7 Å². The molecule has 0 bridgehead atoms. The van der Waals surface area contributed by atoms with Crippen molar-refractivity contribution in [3.63, 3.8) is 0 Å². The van der Waals surface area contributed by atoms with Gasteiger partial charge >= 0.3 is 5.97 Å². The summed E-state index contributed by atoms with van der Waals surface area (Å²) in [5, 5.41) is 0. The topological polar surface area (TPSA) is 44.8 Å². The molecule has 0 heterocycles. The molecule has 1 atom stereocenters. The number of hydrogen-bond donors (Lipinski definition) is 0. The molecule has 0 N–H and O–H groups in total. The Morgan fingerprint density at radius 3 is 2.28 bits per heavy atom. The molecular weight excluding hydrogens is 364 g/mol. The van der Waals surface area contributed by atoms with Crippen molar-refractivity contribution < 1.29 is 19.0 Å². The van der Waals surface area contributed by atoms with Crippen LogP contribution in [0.25, 0.3) is 0 Å². The largest absolute Gasteiger partial charge is 0.493 e. The van der Waals surface area contributed by atoms with Crippen LogP contribution in [-0.4, -0.2) is 18.7 Å². The molecule has 2 rings (SSSR count). The van der Waals surface area contributed by atoms with Crippen molar-refractivity contribution in [1.82, 2.24) is 0 Å². The Morgan fingerprint density at radius 1 is 0.966 bits per heavy atom. The summed E-state index contributed by atoms with van der Waals surface area (Å²) in [6.07, 6.45) is 8.73. The molecule has 0 aromatic heterocycles. The Kier molecular flexibility index (Phi) is 9.84. The average molecular weight is 397 g/mol. The Labute approximate surface area is 174 Å². The molecule has 2 aromatic rings. The van der Waals surface area contributed by atoms with Crippen LogP contribution >= 0.6 is 0 Å². The minimum Gasteiger partial charge on any atom is -0.493 e. The van der Waals surface area contributed by atoms with Crippen LogP contribution < -0.4 is 14.2 Å². The van der Waals surface area contributed by atoms with E-state index in [-0.39, 0.29) is 6.10 Å². The molecule has 0 amide bonds. The van der Waals surface area contributed by atoms with Gasteiger partial charge in [0.05, 0.1) is 18.3 Å². The molecule has 4 nitrogen and oxygen atoms in total. The van der Waals surface area contributed by atoms with Crippen LogP contribution in [0.15, 0.2) is 61.2 Å². The first-order chi connectivity index (χ1) is 14.1. The lowest BCUT2D eigenvalue weighted by atomic mass is 10.1. The van der Waals surface area contributed by atoms with Gasteiger partial charge in [0.15, 0.2) is 0 Å². The molecule has 0 aliphatic heterocycles. The first-order valence-electron chi connectivity index (χ1n) is 10.4. The highest BCUT2D eigenvalue weighted by atomic mass is 16.5. The van der Waals surface area contributed by atoms with Gasteiger partial charge in [-0.2, -0.15) is 0 Å². The first-order valence-corrected chi connectivity index (χ1v) is 10.4. The van der Waals surface area contributed by atoms with E-state index in [0.717, 1.165) is 24.3 Å². The fourth-order valence-electron chi connectivity index (χ4n) is 2.85. The summed E-state index contributed by atoms with van der Waals surface area (Å²) < 4.78 is 16.9. The summed E-state index contributed by atoms with van der Waals surface area (Å²) in [7, 11) is 0. The molecule has 2 aromatic carbocycles. The maximum absolute atomic E-state index is 12.3. The predicted molar refractivity (Wildman–Crippen MR) is 117 cm³/mol. The van der Waals surface area contributed by atoms with Crippen molar-refractivity contribution in [3.8, 4) is 17.2 Å². The summed E-state index contributed by atoms with van der Waals surface area (Å²) in [5.41, 5.74) is 0.485. The summed E-state index contributed by atoms with van der Waals surface area (Å²) in [5.74, 6) is 1.58. The number of ether oxygens (including phenoxy) is 3. The van der Waals surface area contributed by atoms with Gasteiger partial charge in [0.1, 0.15) is 17.2 Å². The molecule has 0 aliphatic carbocycles. The van der Waals surface area contributed by atoms with Gasteiger partial charge in [0, 0.05) is 0 Å². The van der Waals surface area contributed by atoms with E-state index in [4.69, 9.17) is 14.2 Å². The van der Waals surface area contributed by atoms with Crippen LogP contribution in [0.1, 0.15) is 62.7 Å². The molecule has 156 valence electrons. The summed E-state index contributed by atoms with van der Waals surface area (Å²) in [4.78, 5) is 12.3. The van der Waals surface area contributed by atoms with Gasteiger partial charge in [-0.3, -0.25) is 0 Å². The number of carbonyl (C=O) groups excluding carboxylic acids is 1. The standard InChI is InChI=1S/C25H32O4/c1-4-6-8-9-10-20(3)28-23-13-11-21(12-14-23)25(26)29-24-17-15-22(16-18-24)27-19-7-5-2/h5,11-18,20H,2,4,6-10,19H2,1,3H3. The smallest absolute Gasteiger partial charge is 0.343 e. The zero-order chi connectivity index (χ0) is 20.9. The fraction of sp³-hybridized carbons (Fsp3) is 0.400. The molecule has 0 fully saturated rings. The molecule has 4 heteroatoms. The second-order valence-electron chi connectivity index (χ2n) is 7.09. The second-order valence-corrected chi connectivity index (χ2v) is 7.09. The van der Waals surface area contributed by atoms with Crippen molar-refractivity contribution in [2.45, 2.75) is 58.5 Å². The number of rotatable bonds is 13. The number of esters is 1. The monoisotopic (exact) mass is 396 g/mol. The summed E-state index contributed by atoms with van der Waals surface area (Å²) >= 11 is 0. The SMILES string of the molecule is C=CCCOc1ccc(OC(=O)c2ccc(OC(C)CCCCCC)cc2)cc1. The first kappa shape index (κ1) is 22.5. The highest BCUT2D eigenvalue weighted by Crippen LogP contribution is 2.20. The van der Waals surface area contributed by atoms with E-state index in [0.29, 0.717) is 17.9 Å². The lowest BCUT2D eigenvalue weighted by molar-refractivity contribution is 0.0734. The van der Waals surface area contributed by atoms with Gasteiger partial charge < -0.3 is 14.2 Å². The number of carbonyl (C=O) groups is 1. The quantitative estimate of drug-likeness (QED) is 0.166. The van der Waals surface area contributed by atoms with Crippen molar-refractivity contribution >= 4 is 5.97 Å². The van der Waals surface area contributed by atoms with Gasteiger partial charge in [-0.05, 0) is 74.7 Å². The molecule has 0 radical (unpaired) electrons. The lowest BCUT2D eigenvalue weighted by Crippen LogP contribution is -2.12.